The van der Waals surface area contributed by atoms with Gasteiger partial charge in [-0.1, -0.05) is 12.8 Å². The number of carbonyl (C=O) groups excluding carboxylic acids is 2. The molecule has 0 bridgehead atoms. The predicted octanol–water partition coefficient (Wildman–Crippen LogP) is 2.09. The fraction of sp³-hybridized carbons (Fsp3) is 0.400. The molecule has 0 unspecified atom stereocenters. The number of amides is 2. The van der Waals surface area contributed by atoms with Gasteiger partial charge in [-0.15, -0.1) is 0 Å². The summed E-state index contributed by atoms with van der Waals surface area (Å²) in [6, 6.07) is -0.0238. The lowest BCUT2D eigenvalue weighted by atomic mass is 9.88. The van der Waals surface area contributed by atoms with Gasteiger partial charge in [-0.25, -0.2) is 9.97 Å². The SMILES string of the molecule is CN(C(=O)/C=C/c1cnc[nH]1)[C@@H]1CCCC[C@H]1N(C)C(=O)/C=C/c1cnc[nH]1. The Morgan fingerprint density at radius 2 is 1.32 bits per heavy atom. The summed E-state index contributed by atoms with van der Waals surface area (Å²) in [7, 11) is 3.61. The molecule has 2 atom stereocenters. The first-order valence-corrected chi connectivity index (χ1v) is 9.42. The largest absolute Gasteiger partial charge is 0.345 e. The van der Waals surface area contributed by atoms with Crippen LogP contribution in [0.5, 0.6) is 0 Å². The van der Waals surface area contributed by atoms with E-state index in [4.69, 9.17) is 0 Å². The Morgan fingerprint density at radius 3 is 1.68 bits per heavy atom. The van der Waals surface area contributed by atoms with Gasteiger partial charge >= 0.3 is 0 Å². The number of nitrogens with one attached hydrogen (secondary N) is 2. The molecule has 2 heterocycles. The summed E-state index contributed by atoms with van der Waals surface area (Å²) in [5, 5.41) is 0. The van der Waals surface area contributed by atoms with Gasteiger partial charge in [-0.05, 0) is 25.0 Å². The van der Waals surface area contributed by atoms with Crippen molar-refractivity contribution in [1.82, 2.24) is 29.7 Å². The minimum atomic E-state index is -0.0830. The molecule has 8 heteroatoms. The van der Waals surface area contributed by atoms with Crippen LogP contribution in [0.15, 0.2) is 37.2 Å². The second kappa shape index (κ2) is 9.16. The fourth-order valence-electron chi connectivity index (χ4n) is 3.59. The number of carbonyl (C=O) groups is 2. The fourth-order valence-corrected chi connectivity index (χ4v) is 3.59. The van der Waals surface area contributed by atoms with E-state index in [0.717, 1.165) is 37.1 Å². The summed E-state index contributed by atoms with van der Waals surface area (Å²) in [6.45, 7) is 0. The van der Waals surface area contributed by atoms with E-state index >= 15 is 0 Å². The number of likely N-dealkylation sites (N-methyl/N-ethyl adjacent to an activating group) is 2. The van der Waals surface area contributed by atoms with Crippen molar-refractivity contribution >= 4 is 24.0 Å². The van der Waals surface area contributed by atoms with Crippen LogP contribution in [0, 0.1) is 0 Å². The monoisotopic (exact) mass is 382 g/mol. The Morgan fingerprint density at radius 1 is 0.893 bits per heavy atom. The standard InChI is InChI=1S/C20H26N6O2/c1-25(19(27)9-7-15-11-21-13-23-15)17-5-3-4-6-18(17)26(2)20(28)10-8-16-12-22-14-24-16/h7-14,17-18H,3-6H2,1-2H3,(H,21,23)(H,22,24)/b9-7+,10-8+/t17-,18-/m1/s1. The van der Waals surface area contributed by atoms with Crippen LogP contribution in [-0.4, -0.2) is 67.7 Å². The summed E-state index contributed by atoms with van der Waals surface area (Å²) in [4.78, 5) is 42.5. The van der Waals surface area contributed by atoms with E-state index in [9.17, 15) is 9.59 Å². The van der Waals surface area contributed by atoms with Gasteiger partial charge in [-0.3, -0.25) is 9.59 Å². The average molecular weight is 382 g/mol. The first-order chi connectivity index (χ1) is 13.6. The summed E-state index contributed by atoms with van der Waals surface area (Å²) in [6.07, 6.45) is 16.8. The van der Waals surface area contributed by atoms with E-state index in [1.807, 2.05) is 0 Å². The molecule has 1 fully saturated rings. The highest BCUT2D eigenvalue weighted by Crippen LogP contribution is 2.26. The number of hydrogen-bond donors (Lipinski definition) is 2. The van der Waals surface area contributed by atoms with Crippen LogP contribution in [-0.2, 0) is 9.59 Å². The van der Waals surface area contributed by atoms with Crippen LogP contribution in [0.1, 0.15) is 37.1 Å². The van der Waals surface area contributed by atoms with Gasteiger partial charge in [0.25, 0.3) is 0 Å². The highest BCUT2D eigenvalue weighted by Gasteiger charge is 2.34. The Kier molecular flexibility index (Phi) is 6.41. The zero-order valence-corrected chi connectivity index (χ0v) is 16.2. The van der Waals surface area contributed by atoms with E-state index < -0.39 is 0 Å². The normalized spacial score (nSPS) is 19.9. The molecule has 2 aromatic rings. The van der Waals surface area contributed by atoms with Gasteiger partial charge in [0.15, 0.2) is 0 Å². The third kappa shape index (κ3) is 4.76. The third-order valence-corrected chi connectivity index (χ3v) is 5.23. The van der Waals surface area contributed by atoms with Crippen molar-refractivity contribution in [1.29, 1.82) is 0 Å². The molecular formula is C20H26N6O2. The number of imidazole rings is 2. The smallest absolute Gasteiger partial charge is 0.246 e. The summed E-state index contributed by atoms with van der Waals surface area (Å²) in [5.74, 6) is -0.166. The Labute approximate surface area is 164 Å². The van der Waals surface area contributed by atoms with Crippen molar-refractivity contribution in [3.05, 3.63) is 48.6 Å². The van der Waals surface area contributed by atoms with E-state index in [1.165, 1.54) is 0 Å². The van der Waals surface area contributed by atoms with Crippen LogP contribution < -0.4 is 0 Å². The van der Waals surface area contributed by atoms with Crippen molar-refractivity contribution < 1.29 is 9.59 Å². The van der Waals surface area contributed by atoms with Gasteiger partial charge < -0.3 is 19.8 Å². The van der Waals surface area contributed by atoms with Crippen molar-refractivity contribution in [2.24, 2.45) is 0 Å². The van der Waals surface area contributed by atoms with Crippen molar-refractivity contribution in [2.75, 3.05) is 14.1 Å². The number of rotatable bonds is 6. The number of hydrogen-bond acceptors (Lipinski definition) is 4. The molecule has 1 aliphatic carbocycles. The van der Waals surface area contributed by atoms with Crippen LogP contribution in [0.2, 0.25) is 0 Å². The molecule has 28 heavy (non-hydrogen) atoms. The van der Waals surface area contributed by atoms with E-state index in [1.54, 1.807) is 73.2 Å². The molecule has 0 radical (unpaired) electrons. The minimum Gasteiger partial charge on any atom is -0.345 e. The van der Waals surface area contributed by atoms with E-state index in [0.29, 0.717) is 0 Å². The van der Waals surface area contributed by atoms with Crippen LogP contribution in [0.3, 0.4) is 0 Å². The molecule has 0 saturated heterocycles. The number of H-pyrrole nitrogens is 2. The van der Waals surface area contributed by atoms with Gasteiger partial charge in [0, 0.05) is 26.2 Å². The van der Waals surface area contributed by atoms with Gasteiger partial charge in [-0.2, -0.15) is 0 Å². The molecule has 1 saturated carbocycles. The zero-order chi connectivity index (χ0) is 19.9. The molecule has 0 spiro atoms. The molecule has 1 aliphatic rings. The van der Waals surface area contributed by atoms with Crippen molar-refractivity contribution in [2.45, 2.75) is 37.8 Å². The summed E-state index contributed by atoms with van der Waals surface area (Å²) in [5.41, 5.74) is 1.55. The Bertz CT molecular complexity index is 755. The average Bonchev–Trinajstić information content (AvgIpc) is 3.43. The molecule has 3 rings (SSSR count). The predicted molar refractivity (Wildman–Crippen MR) is 107 cm³/mol. The maximum atomic E-state index is 12.6. The molecule has 2 N–H and O–H groups in total. The molecule has 2 aromatic heterocycles. The number of nitrogens with zero attached hydrogens (tertiary/aromatic N) is 4. The second-order valence-electron chi connectivity index (χ2n) is 7.00. The molecule has 0 aromatic carbocycles. The van der Waals surface area contributed by atoms with Crippen LogP contribution in [0.25, 0.3) is 12.2 Å². The number of aromatic amines is 2. The number of aromatic nitrogens is 4. The van der Waals surface area contributed by atoms with Crippen molar-refractivity contribution in [3.8, 4) is 0 Å². The van der Waals surface area contributed by atoms with Crippen molar-refractivity contribution in [3.63, 3.8) is 0 Å². The first-order valence-electron chi connectivity index (χ1n) is 9.42. The summed E-state index contributed by atoms with van der Waals surface area (Å²) >= 11 is 0. The molecule has 8 nitrogen and oxygen atoms in total. The maximum absolute atomic E-state index is 12.6. The van der Waals surface area contributed by atoms with Crippen LogP contribution in [0.4, 0.5) is 0 Å². The van der Waals surface area contributed by atoms with E-state index in [-0.39, 0.29) is 23.9 Å². The topological polar surface area (TPSA) is 98.0 Å². The minimum absolute atomic E-state index is 0.0119. The maximum Gasteiger partial charge on any atom is 0.246 e. The highest BCUT2D eigenvalue weighted by molar-refractivity contribution is 5.92. The highest BCUT2D eigenvalue weighted by atomic mass is 16.2. The molecule has 2 amide bonds. The van der Waals surface area contributed by atoms with E-state index in [2.05, 4.69) is 19.9 Å². The molecule has 0 aliphatic heterocycles. The lowest BCUT2D eigenvalue weighted by Gasteiger charge is -2.41. The van der Waals surface area contributed by atoms with Gasteiger partial charge in [0.1, 0.15) is 0 Å². The molecular weight excluding hydrogens is 356 g/mol. The third-order valence-electron chi connectivity index (χ3n) is 5.23. The van der Waals surface area contributed by atoms with Crippen LogP contribution >= 0.6 is 0 Å². The zero-order valence-electron chi connectivity index (χ0n) is 16.2. The summed E-state index contributed by atoms with van der Waals surface area (Å²) < 4.78 is 0. The Balaban J connectivity index is 1.66. The first kappa shape index (κ1) is 19.6. The van der Waals surface area contributed by atoms with Gasteiger partial charge in [0.05, 0.1) is 48.5 Å². The van der Waals surface area contributed by atoms with Gasteiger partial charge in [0.2, 0.25) is 11.8 Å². The lowest BCUT2D eigenvalue weighted by molar-refractivity contribution is -0.134. The Hall–Kier alpha value is -3.16. The quantitative estimate of drug-likeness (QED) is 0.748. The second-order valence-corrected chi connectivity index (χ2v) is 7.00. The lowest BCUT2D eigenvalue weighted by Crippen LogP contribution is -2.53. The molecule has 148 valence electrons.